The van der Waals surface area contributed by atoms with Crippen molar-refractivity contribution in [3.05, 3.63) is 40.5 Å². The van der Waals surface area contributed by atoms with E-state index in [4.69, 9.17) is 11.6 Å². The number of aliphatic hydroxyl groups is 1. The van der Waals surface area contributed by atoms with Crippen molar-refractivity contribution >= 4 is 28.8 Å². The number of halogens is 1. The SMILES string of the molecule is O=C(c1nc(Cl)sc1-c1ccccc1)N1C(CO)CC2CC1C2. The van der Waals surface area contributed by atoms with E-state index in [1.807, 2.05) is 35.2 Å². The van der Waals surface area contributed by atoms with Crippen LogP contribution in [0.4, 0.5) is 0 Å². The molecule has 6 heteroatoms. The minimum absolute atomic E-state index is 0.0112. The molecule has 2 saturated heterocycles. The van der Waals surface area contributed by atoms with Gasteiger partial charge in [-0.3, -0.25) is 4.79 Å². The number of fused-ring (bicyclic) bond motifs is 2. The molecule has 5 rings (SSSR count). The highest BCUT2D eigenvalue weighted by Gasteiger charge is 2.46. The second kappa shape index (κ2) is 5.89. The van der Waals surface area contributed by atoms with Crippen LogP contribution < -0.4 is 0 Å². The Morgan fingerprint density at radius 1 is 1.30 bits per heavy atom. The summed E-state index contributed by atoms with van der Waals surface area (Å²) in [5.74, 6) is 0.558. The van der Waals surface area contributed by atoms with E-state index in [1.165, 1.54) is 11.3 Å². The first-order chi connectivity index (χ1) is 11.2. The number of piperidine rings is 2. The Labute approximate surface area is 143 Å². The lowest BCUT2D eigenvalue weighted by Gasteiger charge is -2.53. The highest BCUT2D eigenvalue weighted by Crippen LogP contribution is 2.44. The van der Waals surface area contributed by atoms with Crippen LogP contribution in [-0.2, 0) is 0 Å². The smallest absolute Gasteiger partial charge is 0.274 e. The Hall–Kier alpha value is -1.43. The molecule has 4 nitrogen and oxygen atoms in total. The minimum Gasteiger partial charge on any atom is -0.394 e. The fourth-order valence-corrected chi connectivity index (χ4v) is 4.86. The summed E-state index contributed by atoms with van der Waals surface area (Å²) in [6.45, 7) is 0.0112. The summed E-state index contributed by atoms with van der Waals surface area (Å²) in [6, 6.07) is 9.87. The van der Waals surface area contributed by atoms with E-state index < -0.39 is 0 Å². The van der Waals surface area contributed by atoms with E-state index in [-0.39, 0.29) is 24.6 Å². The lowest BCUT2D eigenvalue weighted by molar-refractivity contribution is -0.0341. The molecule has 0 spiro atoms. The monoisotopic (exact) mass is 348 g/mol. The third-order valence-electron chi connectivity index (χ3n) is 4.89. The zero-order chi connectivity index (χ0) is 16.0. The Morgan fingerprint density at radius 2 is 2.04 bits per heavy atom. The standard InChI is InChI=1S/C17H17ClN2O2S/c18-17-19-14(15(23-17)11-4-2-1-3-5-11)16(22)20-12-6-10(7-12)8-13(20)9-21/h1-5,10,12-13,21H,6-9H2. The van der Waals surface area contributed by atoms with E-state index in [2.05, 4.69) is 4.98 Å². The van der Waals surface area contributed by atoms with Crippen molar-refractivity contribution in [2.75, 3.05) is 6.61 Å². The van der Waals surface area contributed by atoms with Gasteiger partial charge in [0.25, 0.3) is 5.91 Å². The third kappa shape index (κ3) is 2.57. The third-order valence-corrected chi connectivity index (χ3v) is 6.10. The quantitative estimate of drug-likeness (QED) is 0.924. The van der Waals surface area contributed by atoms with Gasteiger partial charge in [-0.15, -0.1) is 11.3 Å². The van der Waals surface area contributed by atoms with Crippen LogP contribution in [0.2, 0.25) is 4.47 Å². The van der Waals surface area contributed by atoms with Crippen molar-refractivity contribution in [1.29, 1.82) is 0 Å². The minimum atomic E-state index is -0.103. The van der Waals surface area contributed by atoms with Crippen LogP contribution >= 0.6 is 22.9 Å². The molecule has 1 aromatic carbocycles. The van der Waals surface area contributed by atoms with Crippen LogP contribution in [0, 0.1) is 5.92 Å². The second-order valence-electron chi connectivity index (χ2n) is 6.29. The van der Waals surface area contributed by atoms with Crippen molar-refractivity contribution in [2.45, 2.75) is 31.3 Å². The molecule has 2 bridgehead atoms. The molecule has 2 aliphatic heterocycles. The summed E-state index contributed by atoms with van der Waals surface area (Å²) in [5, 5.41) is 9.65. The molecular weight excluding hydrogens is 332 g/mol. The Kier molecular flexibility index (Phi) is 3.87. The molecule has 1 atom stereocenters. The summed E-state index contributed by atoms with van der Waals surface area (Å²) in [6.07, 6.45) is 2.97. The van der Waals surface area contributed by atoms with Gasteiger partial charge >= 0.3 is 0 Å². The van der Waals surface area contributed by atoms with Gasteiger partial charge in [0.2, 0.25) is 0 Å². The van der Waals surface area contributed by atoms with Crippen LogP contribution in [0.25, 0.3) is 10.4 Å². The number of aliphatic hydroxyl groups excluding tert-OH is 1. The first-order valence-corrected chi connectivity index (χ1v) is 9.02. The lowest BCUT2D eigenvalue weighted by atomic mass is 9.70. The Morgan fingerprint density at radius 3 is 2.74 bits per heavy atom. The van der Waals surface area contributed by atoms with E-state index >= 15 is 0 Å². The van der Waals surface area contributed by atoms with Gasteiger partial charge < -0.3 is 10.0 Å². The first-order valence-electron chi connectivity index (χ1n) is 7.82. The van der Waals surface area contributed by atoms with Gasteiger partial charge in [0.1, 0.15) is 5.69 Å². The molecule has 0 radical (unpaired) electrons. The van der Waals surface area contributed by atoms with E-state index in [9.17, 15) is 9.90 Å². The number of nitrogens with zero attached hydrogens (tertiary/aromatic N) is 2. The molecule has 23 heavy (non-hydrogen) atoms. The highest BCUT2D eigenvalue weighted by molar-refractivity contribution is 7.19. The maximum atomic E-state index is 13.1. The average Bonchev–Trinajstić information content (AvgIpc) is 2.95. The molecular formula is C17H17ClN2O2S. The number of aromatic nitrogens is 1. The molecule has 3 aliphatic rings. The van der Waals surface area contributed by atoms with Gasteiger partial charge in [0.15, 0.2) is 4.47 Å². The van der Waals surface area contributed by atoms with Crippen LogP contribution in [0.3, 0.4) is 0 Å². The van der Waals surface area contributed by atoms with Crippen molar-refractivity contribution in [3.8, 4) is 10.4 Å². The van der Waals surface area contributed by atoms with Crippen molar-refractivity contribution in [3.63, 3.8) is 0 Å². The number of rotatable bonds is 3. The Bertz CT molecular complexity index is 727. The maximum Gasteiger partial charge on any atom is 0.274 e. The summed E-state index contributed by atoms with van der Waals surface area (Å²) in [5.41, 5.74) is 1.36. The average molecular weight is 349 g/mol. The van der Waals surface area contributed by atoms with E-state index in [0.717, 1.165) is 29.7 Å². The topological polar surface area (TPSA) is 53.4 Å². The number of hydrogen-bond acceptors (Lipinski definition) is 4. The summed E-state index contributed by atoms with van der Waals surface area (Å²) in [4.78, 5) is 20.1. The van der Waals surface area contributed by atoms with Crippen LogP contribution in [0.1, 0.15) is 29.8 Å². The van der Waals surface area contributed by atoms with E-state index in [1.54, 1.807) is 0 Å². The van der Waals surface area contributed by atoms with Gasteiger partial charge in [-0.1, -0.05) is 41.9 Å². The van der Waals surface area contributed by atoms with Gasteiger partial charge in [-0.2, -0.15) is 0 Å². The molecule has 1 aromatic heterocycles. The van der Waals surface area contributed by atoms with Gasteiger partial charge in [-0.05, 0) is 30.7 Å². The molecule has 1 aliphatic carbocycles. The molecule has 2 aromatic rings. The predicted molar refractivity (Wildman–Crippen MR) is 90.7 cm³/mol. The summed E-state index contributed by atoms with van der Waals surface area (Å²) in [7, 11) is 0. The fraction of sp³-hybridized carbons (Fsp3) is 0.412. The lowest BCUT2D eigenvalue weighted by Crippen LogP contribution is -2.60. The van der Waals surface area contributed by atoms with Gasteiger partial charge in [0, 0.05) is 6.04 Å². The molecule has 1 amide bonds. The first kappa shape index (κ1) is 15.1. The van der Waals surface area contributed by atoms with Crippen molar-refractivity contribution < 1.29 is 9.90 Å². The number of carbonyl (C=O) groups is 1. The normalized spacial score (nSPS) is 26.0. The number of hydrogen-bond donors (Lipinski definition) is 1. The molecule has 120 valence electrons. The van der Waals surface area contributed by atoms with Crippen LogP contribution in [0.5, 0.6) is 0 Å². The Balaban J connectivity index is 1.71. The van der Waals surface area contributed by atoms with Gasteiger partial charge in [0.05, 0.1) is 17.5 Å². The summed E-state index contributed by atoms with van der Waals surface area (Å²) >= 11 is 7.43. The second-order valence-corrected chi connectivity index (χ2v) is 7.87. The molecule has 1 N–H and O–H groups in total. The zero-order valence-corrected chi connectivity index (χ0v) is 14.1. The summed E-state index contributed by atoms with van der Waals surface area (Å²) < 4.78 is 0.372. The zero-order valence-electron chi connectivity index (χ0n) is 12.5. The van der Waals surface area contributed by atoms with Crippen molar-refractivity contribution in [1.82, 2.24) is 9.88 Å². The molecule has 3 heterocycles. The van der Waals surface area contributed by atoms with Gasteiger partial charge in [-0.25, -0.2) is 4.98 Å². The molecule has 3 fully saturated rings. The number of carbonyl (C=O) groups excluding carboxylic acids is 1. The molecule has 1 saturated carbocycles. The van der Waals surface area contributed by atoms with Crippen LogP contribution in [0.15, 0.2) is 30.3 Å². The highest BCUT2D eigenvalue weighted by atomic mass is 35.5. The largest absolute Gasteiger partial charge is 0.394 e. The van der Waals surface area contributed by atoms with Crippen LogP contribution in [-0.4, -0.2) is 39.6 Å². The number of benzene rings is 1. The molecule has 1 unspecified atom stereocenters. The number of amides is 1. The van der Waals surface area contributed by atoms with Crippen molar-refractivity contribution in [2.24, 2.45) is 5.92 Å². The fourth-order valence-electron chi connectivity index (χ4n) is 3.76. The van der Waals surface area contributed by atoms with E-state index in [0.29, 0.717) is 16.1 Å². The maximum absolute atomic E-state index is 13.1. The predicted octanol–water partition coefficient (Wildman–Crippen LogP) is 3.45. The number of thiazole rings is 1.